The van der Waals surface area contributed by atoms with Gasteiger partial charge in [0.25, 0.3) is 0 Å². The standard InChI is InChI=1S/C15H23NO2/c1-11-9-17-10-14(16-11)12-5-7-13(8-6-12)18-15(2,3)4/h5-8,11,14,16H,9-10H2,1-4H3. The Kier molecular flexibility index (Phi) is 3.93. The first-order chi connectivity index (χ1) is 8.44. The maximum atomic E-state index is 5.81. The number of rotatable bonds is 2. The highest BCUT2D eigenvalue weighted by Crippen LogP contribution is 2.23. The summed E-state index contributed by atoms with van der Waals surface area (Å²) in [5.74, 6) is 0.913. The monoisotopic (exact) mass is 249 g/mol. The molecule has 0 bridgehead atoms. The van der Waals surface area contributed by atoms with Crippen molar-refractivity contribution < 1.29 is 9.47 Å². The van der Waals surface area contributed by atoms with E-state index in [2.05, 4.69) is 45.1 Å². The molecule has 100 valence electrons. The molecule has 1 aliphatic heterocycles. The minimum absolute atomic E-state index is 0.151. The van der Waals surface area contributed by atoms with Gasteiger partial charge in [0.15, 0.2) is 0 Å². The number of morpholine rings is 1. The predicted molar refractivity (Wildman–Crippen MR) is 73.0 cm³/mol. The van der Waals surface area contributed by atoms with Crippen LogP contribution in [-0.4, -0.2) is 24.9 Å². The van der Waals surface area contributed by atoms with Crippen molar-refractivity contribution >= 4 is 0 Å². The van der Waals surface area contributed by atoms with Crippen LogP contribution in [0.2, 0.25) is 0 Å². The highest BCUT2D eigenvalue weighted by molar-refractivity contribution is 5.30. The number of hydrogen-bond donors (Lipinski definition) is 1. The Morgan fingerprint density at radius 3 is 2.39 bits per heavy atom. The molecular weight excluding hydrogens is 226 g/mol. The largest absolute Gasteiger partial charge is 0.488 e. The van der Waals surface area contributed by atoms with E-state index in [1.54, 1.807) is 0 Å². The molecule has 0 spiro atoms. The Morgan fingerprint density at radius 1 is 1.17 bits per heavy atom. The molecule has 2 rings (SSSR count). The van der Waals surface area contributed by atoms with Gasteiger partial charge in [-0.3, -0.25) is 0 Å². The lowest BCUT2D eigenvalue weighted by Gasteiger charge is -2.29. The van der Waals surface area contributed by atoms with E-state index in [4.69, 9.17) is 9.47 Å². The van der Waals surface area contributed by atoms with Gasteiger partial charge >= 0.3 is 0 Å². The second kappa shape index (κ2) is 5.29. The molecule has 18 heavy (non-hydrogen) atoms. The van der Waals surface area contributed by atoms with E-state index in [1.165, 1.54) is 5.56 Å². The van der Waals surface area contributed by atoms with E-state index in [9.17, 15) is 0 Å². The minimum Gasteiger partial charge on any atom is -0.488 e. The van der Waals surface area contributed by atoms with Crippen molar-refractivity contribution in [1.82, 2.24) is 5.32 Å². The Morgan fingerprint density at radius 2 is 1.83 bits per heavy atom. The molecule has 1 aromatic rings. The Labute approximate surface area is 109 Å². The molecule has 2 unspecified atom stereocenters. The van der Waals surface area contributed by atoms with E-state index < -0.39 is 0 Å². The third kappa shape index (κ3) is 3.72. The van der Waals surface area contributed by atoms with Crippen LogP contribution in [0.15, 0.2) is 24.3 Å². The summed E-state index contributed by atoms with van der Waals surface area (Å²) in [4.78, 5) is 0. The molecule has 2 atom stereocenters. The van der Waals surface area contributed by atoms with Crippen molar-refractivity contribution in [1.29, 1.82) is 0 Å². The zero-order chi connectivity index (χ0) is 13.2. The molecule has 3 heteroatoms. The van der Waals surface area contributed by atoms with Crippen LogP contribution in [0, 0.1) is 0 Å². The molecule has 0 radical (unpaired) electrons. The number of ether oxygens (including phenoxy) is 2. The van der Waals surface area contributed by atoms with E-state index in [-0.39, 0.29) is 11.6 Å². The normalized spacial score (nSPS) is 24.9. The van der Waals surface area contributed by atoms with Crippen LogP contribution in [0.4, 0.5) is 0 Å². The topological polar surface area (TPSA) is 30.5 Å². The highest BCUT2D eigenvalue weighted by Gasteiger charge is 2.20. The summed E-state index contributed by atoms with van der Waals surface area (Å²) in [7, 11) is 0. The van der Waals surface area contributed by atoms with Crippen LogP contribution >= 0.6 is 0 Å². The smallest absolute Gasteiger partial charge is 0.120 e. The first-order valence-corrected chi connectivity index (χ1v) is 6.57. The third-order valence-corrected chi connectivity index (χ3v) is 2.84. The summed E-state index contributed by atoms with van der Waals surface area (Å²) in [6.45, 7) is 9.84. The highest BCUT2D eigenvalue weighted by atomic mass is 16.5. The summed E-state index contributed by atoms with van der Waals surface area (Å²) >= 11 is 0. The zero-order valence-corrected chi connectivity index (χ0v) is 11.7. The summed E-state index contributed by atoms with van der Waals surface area (Å²) in [5, 5.41) is 3.53. The lowest BCUT2D eigenvalue weighted by molar-refractivity contribution is 0.0503. The molecule has 1 heterocycles. The number of hydrogen-bond acceptors (Lipinski definition) is 3. The molecule has 0 saturated carbocycles. The van der Waals surface area contributed by atoms with Gasteiger partial charge in [-0.1, -0.05) is 12.1 Å². The fourth-order valence-electron chi connectivity index (χ4n) is 2.12. The average Bonchev–Trinajstić information content (AvgIpc) is 2.28. The van der Waals surface area contributed by atoms with E-state index in [0.717, 1.165) is 19.0 Å². The van der Waals surface area contributed by atoms with Crippen LogP contribution in [0.3, 0.4) is 0 Å². The van der Waals surface area contributed by atoms with Crippen LogP contribution < -0.4 is 10.1 Å². The van der Waals surface area contributed by atoms with Crippen molar-refractivity contribution in [3.8, 4) is 5.75 Å². The van der Waals surface area contributed by atoms with Crippen molar-refractivity contribution in [3.63, 3.8) is 0 Å². The molecule has 1 N–H and O–H groups in total. The molecule has 0 aromatic heterocycles. The van der Waals surface area contributed by atoms with Gasteiger partial charge in [-0.25, -0.2) is 0 Å². The molecular formula is C15H23NO2. The van der Waals surface area contributed by atoms with Gasteiger partial charge in [0.2, 0.25) is 0 Å². The maximum absolute atomic E-state index is 5.81. The number of benzene rings is 1. The molecule has 1 saturated heterocycles. The van der Waals surface area contributed by atoms with Crippen molar-refractivity contribution in [2.24, 2.45) is 0 Å². The van der Waals surface area contributed by atoms with Gasteiger partial charge in [0.05, 0.1) is 19.3 Å². The van der Waals surface area contributed by atoms with Crippen LogP contribution in [0.5, 0.6) is 5.75 Å². The van der Waals surface area contributed by atoms with Gasteiger partial charge in [-0.2, -0.15) is 0 Å². The SMILES string of the molecule is CC1COCC(c2ccc(OC(C)(C)C)cc2)N1. The fourth-order valence-corrected chi connectivity index (χ4v) is 2.12. The van der Waals surface area contributed by atoms with Crippen molar-refractivity contribution in [3.05, 3.63) is 29.8 Å². The van der Waals surface area contributed by atoms with Gasteiger partial charge in [-0.15, -0.1) is 0 Å². The lowest BCUT2D eigenvalue weighted by atomic mass is 10.1. The Balaban J connectivity index is 2.03. The number of nitrogens with one attached hydrogen (secondary N) is 1. The summed E-state index contributed by atoms with van der Waals surface area (Å²) in [6, 6.07) is 8.98. The fraction of sp³-hybridized carbons (Fsp3) is 0.600. The summed E-state index contributed by atoms with van der Waals surface area (Å²) < 4.78 is 11.4. The minimum atomic E-state index is -0.151. The molecule has 1 aliphatic rings. The molecule has 0 aliphatic carbocycles. The van der Waals surface area contributed by atoms with Crippen LogP contribution in [0.1, 0.15) is 39.3 Å². The van der Waals surface area contributed by atoms with Crippen LogP contribution in [0.25, 0.3) is 0 Å². The van der Waals surface area contributed by atoms with E-state index >= 15 is 0 Å². The van der Waals surface area contributed by atoms with E-state index in [1.807, 2.05) is 12.1 Å². The predicted octanol–water partition coefficient (Wildman–Crippen LogP) is 2.91. The molecule has 1 fully saturated rings. The summed E-state index contributed by atoms with van der Waals surface area (Å²) in [5.41, 5.74) is 1.10. The third-order valence-electron chi connectivity index (χ3n) is 2.84. The van der Waals surface area contributed by atoms with Gasteiger partial charge < -0.3 is 14.8 Å². The van der Waals surface area contributed by atoms with E-state index in [0.29, 0.717) is 6.04 Å². The van der Waals surface area contributed by atoms with Gasteiger partial charge in [0, 0.05) is 6.04 Å². The Bertz CT molecular complexity index is 380. The first-order valence-electron chi connectivity index (χ1n) is 6.57. The lowest BCUT2D eigenvalue weighted by Crippen LogP contribution is -2.41. The van der Waals surface area contributed by atoms with Crippen molar-refractivity contribution in [2.45, 2.75) is 45.4 Å². The van der Waals surface area contributed by atoms with Crippen LogP contribution in [-0.2, 0) is 4.74 Å². The Hall–Kier alpha value is -1.06. The van der Waals surface area contributed by atoms with Gasteiger partial charge in [-0.05, 0) is 45.4 Å². The quantitative estimate of drug-likeness (QED) is 0.874. The zero-order valence-electron chi connectivity index (χ0n) is 11.7. The van der Waals surface area contributed by atoms with Crippen molar-refractivity contribution in [2.75, 3.05) is 13.2 Å². The molecule has 1 aromatic carbocycles. The maximum Gasteiger partial charge on any atom is 0.120 e. The second-order valence-electron chi connectivity index (χ2n) is 5.94. The summed E-state index contributed by atoms with van der Waals surface area (Å²) in [6.07, 6.45) is 0. The second-order valence-corrected chi connectivity index (χ2v) is 5.94. The first kappa shape index (κ1) is 13.4. The molecule has 3 nitrogen and oxygen atoms in total. The molecule has 0 amide bonds. The van der Waals surface area contributed by atoms with Gasteiger partial charge in [0.1, 0.15) is 11.4 Å². The average molecular weight is 249 g/mol.